The van der Waals surface area contributed by atoms with Crippen molar-refractivity contribution in [2.24, 2.45) is 0 Å². The Balaban J connectivity index is 3.15. The second-order valence-electron chi connectivity index (χ2n) is 2.62. The van der Waals surface area contributed by atoms with Gasteiger partial charge in [-0.2, -0.15) is 0 Å². The maximum absolute atomic E-state index is 11.5. The molecule has 4 heteroatoms. The molecule has 0 spiro atoms. The predicted molar refractivity (Wildman–Crippen MR) is 61.0 cm³/mol. The Labute approximate surface area is 96.0 Å². The SMILES string of the molecule is CC(Cl)C(=O)c1cccc(Br)c1S. The van der Waals surface area contributed by atoms with Crippen LogP contribution in [0.4, 0.5) is 0 Å². The first-order chi connectivity index (χ1) is 6.04. The summed E-state index contributed by atoms with van der Waals surface area (Å²) in [6.07, 6.45) is 0. The molecule has 0 heterocycles. The fraction of sp³-hybridized carbons (Fsp3) is 0.222. The number of benzene rings is 1. The van der Waals surface area contributed by atoms with Gasteiger partial charge in [-0.3, -0.25) is 4.79 Å². The molecule has 0 aliphatic heterocycles. The molecule has 0 N–H and O–H groups in total. The Hall–Kier alpha value is 0.01000. The van der Waals surface area contributed by atoms with Crippen LogP contribution in [0.5, 0.6) is 0 Å². The van der Waals surface area contributed by atoms with Gasteiger partial charge in [-0.1, -0.05) is 12.1 Å². The number of carbonyl (C=O) groups excluding carboxylic acids is 1. The molecule has 0 bridgehead atoms. The minimum Gasteiger partial charge on any atom is -0.292 e. The molecule has 0 aliphatic carbocycles. The Kier molecular flexibility index (Phi) is 3.83. The fourth-order valence-electron chi connectivity index (χ4n) is 0.928. The standard InChI is InChI=1S/C9H8BrClOS/c1-5(11)8(12)6-3-2-4-7(10)9(6)13/h2-5,13H,1H3. The highest BCUT2D eigenvalue weighted by atomic mass is 79.9. The van der Waals surface area contributed by atoms with E-state index < -0.39 is 5.38 Å². The number of halogens is 2. The Morgan fingerprint density at radius 1 is 1.62 bits per heavy atom. The average molecular weight is 280 g/mol. The first-order valence-corrected chi connectivity index (χ1v) is 5.37. The largest absolute Gasteiger partial charge is 0.292 e. The van der Waals surface area contributed by atoms with E-state index in [9.17, 15) is 4.79 Å². The fourth-order valence-corrected chi connectivity index (χ4v) is 1.67. The molecule has 0 radical (unpaired) electrons. The summed E-state index contributed by atoms with van der Waals surface area (Å²) in [5, 5.41) is -0.514. The summed E-state index contributed by atoms with van der Waals surface area (Å²) >= 11 is 13.2. The van der Waals surface area contributed by atoms with Gasteiger partial charge in [0.25, 0.3) is 0 Å². The van der Waals surface area contributed by atoms with Gasteiger partial charge in [0.2, 0.25) is 0 Å². The van der Waals surface area contributed by atoms with Crippen molar-refractivity contribution < 1.29 is 4.79 Å². The van der Waals surface area contributed by atoms with Gasteiger partial charge in [-0.15, -0.1) is 24.2 Å². The van der Waals surface area contributed by atoms with Crippen molar-refractivity contribution in [2.75, 3.05) is 0 Å². The van der Waals surface area contributed by atoms with Gasteiger partial charge in [0, 0.05) is 14.9 Å². The van der Waals surface area contributed by atoms with Crippen molar-refractivity contribution in [3.63, 3.8) is 0 Å². The van der Waals surface area contributed by atoms with Crippen LogP contribution in [0, 0.1) is 0 Å². The molecule has 1 aromatic carbocycles. The predicted octanol–water partition coefficient (Wildman–Crippen LogP) is 3.55. The van der Waals surface area contributed by atoms with E-state index in [1.54, 1.807) is 19.1 Å². The van der Waals surface area contributed by atoms with Crippen LogP contribution < -0.4 is 0 Å². The molecular weight excluding hydrogens is 272 g/mol. The highest BCUT2D eigenvalue weighted by molar-refractivity contribution is 9.10. The molecule has 0 saturated carbocycles. The molecule has 0 aliphatic rings. The number of hydrogen-bond donors (Lipinski definition) is 1. The molecule has 1 atom stereocenters. The molecule has 70 valence electrons. The van der Waals surface area contributed by atoms with Crippen molar-refractivity contribution in [2.45, 2.75) is 17.2 Å². The van der Waals surface area contributed by atoms with Gasteiger partial charge < -0.3 is 0 Å². The lowest BCUT2D eigenvalue weighted by molar-refractivity contribution is 0.0989. The summed E-state index contributed by atoms with van der Waals surface area (Å²) in [7, 11) is 0. The zero-order valence-electron chi connectivity index (χ0n) is 6.92. The normalized spacial score (nSPS) is 12.6. The summed E-state index contributed by atoms with van der Waals surface area (Å²) in [4.78, 5) is 12.2. The first kappa shape index (κ1) is 11.1. The van der Waals surface area contributed by atoms with Crippen molar-refractivity contribution >= 4 is 45.9 Å². The number of hydrogen-bond acceptors (Lipinski definition) is 2. The third-order valence-corrected chi connectivity index (χ3v) is 3.26. The number of thiol groups is 1. The van der Waals surface area contributed by atoms with E-state index in [-0.39, 0.29) is 5.78 Å². The molecule has 0 amide bonds. The van der Waals surface area contributed by atoms with Crippen molar-refractivity contribution in [1.29, 1.82) is 0 Å². The van der Waals surface area contributed by atoms with Crippen LogP contribution >= 0.6 is 40.2 Å². The highest BCUT2D eigenvalue weighted by Gasteiger charge is 2.15. The number of Topliss-reactive ketones (excluding diaryl/α,β-unsaturated/α-hetero) is 1. The van der Waals surface area contributed by atoms with Gasteiger partial charge in [0.05, 0.1) is 5.38 Å². The summed E-state index contributed by atoms with van der Waals surface area (Å²) < 4.78 is 0.805. The average Bonchev–Trinajstić information content (AvgIpc) is 2.08. The molecule has 0 fully saturated rings. The molecule has 1 aromatic rings. The van der Waals surface area contributed by atoms with E-state index in [1.165, 1.54) is 0 Å². The van der Waals surface area contributed by atoms with Gasteiger partial charge in [0.1, 0.15) is 0 Å². The number of alkyl halides is 1. The van der Waals surface area contributed by atoms with E-state index in [4.69, 9.17) is 11.6 Å². The maximum atomic E-state index is 11.5. The van der Waals surface area contributed by atoms with Gasteiger partial charge >= 0.3 is 0 Å². The zero-order valence-corrected chi connectivity index (χ0v) is 10.2. The van der Waals surface area contributed by atoms with Gasteiger partial charge in [-0.05, 0) is 28.9 Å². The Morgan fingerprint density at radius 2 is 2.23 bits per heavy atom. The lowest BCUT2D eigenvalue weighted by atomic mass is 10.1. The molecular formula is C9H8BrClOS. The molecule has 0 saturated heterocycles. The summed E-state index contributed by atoms with van der Waals surface area (Å²) in [6.45, 7) is 1.65. The minimum atomic E-state index is -0.514. The zero-order chi connectivity index (χ0) is 10.0. The summed E-state index contributed by atoms with van der Waals surface area (Å²) in [6, 6.07) is 5.34. The number of carbonyl (C=O) groups is 1. The third-order valence-electron chi connectivity index (χ3n) is 1.61. The maximum Gasteiger partial charge on any atom is 0.181 e. The lowest BCUT2D eigenvalue weighted by Crippen LogP contribution is -2.11. The van der Waals surface area contributed by atoms with Crippen LogP contribution in [0.1, 0.15) is 17.3 Å². The second kappa shape index (κ2) is 4.49. The van der Waals surface area contributed by atoms with Crippen LogP contribution in [0.25, 0.3) is 0 Å². The van der Waals surface area contributed by atoms with Crippen molar-refractivity contribution in [3.05, 3.63) is 28.2 Å². The molecule has 1 unspecified atom stereocenters. The smallest absolute Gasteiger partial charge is 0.181 e. The summed E-state index contributed by atoms with van der Waals surface area (Å²) in [5.41, 5.74) is 0.556. The second-order valence-corrected chi connectivity index (χ2v) is 4.57. The van der Waals surface area contributed by atoms with E-state index >= 15 is 0 Å². The lowest BCUT2D eigenvalue weighted by Gasteiger charge is -2.06. The van der Waals surface area contributed by atoms with Crippen molar-refractivity contribution in [3.8, 4) is 0 Å². The van der Waals surface area contributed by atoms with E-state index in [2.05, 4.69) is 28.6 Å². The topological polar surface area (TPSA) is 17.1 Å². The highest BCUT2D eigenvalue weighted by Crippen LogP contribution is 2.25. The Morgan fingerprint density at radius 3 is 2.77 bits per heavy atom. The van der Waals surface area contributed by atoms with E-state index in [0.717, 1.165) is 4.47 Å². The monoisotopic (exact) mass is 278 g/mol. The molecule has 13 heavy (non-hydrogen) atoms. The van der Waals surface area contributed by atoms with Gasteiger partial charge in [-0.25, -0.2) is 0 Å². The Bertz CT molecular complexity index is 338. The van der Waals surface area contributed by atoms with Crippen LogP contribution in [0.3, 0.4) is 0 Å². The van der Waals surface area contributed by atoms with Crippen LogP contribution in [-0.2, 0) is 0 Å². The van der Waals surface area contributed by atoms with Crippen molar-refractivity contribution in [1.82, 2.24) is 0 Å². The first-order valence-electron chi connectivity index (χ1n) is 3.69. The molecule has 1 nitrogen and oxygen atoms in total. The van der Waals surface area contributed by atoms with E-state index in [0.29, 0.717) is 10.5 Å². The van der Waals surface area contributed by atoms with E-state index in [1.807, 2.05) is 6.07 Å². The summed E-state index contributed by atoms with van der Waals surface area (Å²) in [5.74, 6) is -0.104. The molecule has 1 rings (SSSR count). The molecule has 0 aromatic heterocycles. The van der Waals surface area contributed by atoms with Crippen LogP contribution in [0.15, 0.2) is 27.6 Å². The minimum absolute atomic E-state index is 0.104. The quantitative estimate of drug-likeness (QED) is 0.498. The van der Waals surface area contributed by atoms with Crippen LogP contribution in [0.2, 0.25) is 0 Å². The number of rotatable bonds is 2. The van der Waals surface area contributed by atoms with Gasteiger partial charge in [0.15, 0.2) is 5.78 Å². The van der Waals surface area contributed by atoms with Crippen LogP contribution in [-0.4, -0.2) is 11.2 Å². The third kappa shape index (κ3) is 2.48. The number of ketones is 1.